The van der Waals surface area contributed by atoms with Crippen LogP contribution in [0.25, 0.3) is 0 Å². The molecule has 0 fully saturated rings. The molecule has 1 nitrogen and oxygen atoms in total. The molecule has 0 aliphatic carbocycles. The zero-order valence-corrected chi connectivity index (χ0v) is 11.1. The van der Waals surface area contributed by atoms with Gasteiger partial charge >= 0.3 is 11.7 Å². The lowest BCUT2D eigenvalue weighted by molar-refractivity contribution is 0.554. The highest BCUT2D eigenvalue weighted by molar-refractivity contribution is 7.65. The molecule has 0 heterocycles. The van der Waals surface area contributed by atoms with Crippen LogP contribution in [0.3, 0.4) is 0 Å². The van der Waals surface area contributed by atoms with E-state index >= 15 is 0 Å². The van der Waals surface area contributed by atoms with Crippen LogP contribution in [-0.2, 0) is 15.9 Å². The molecule has 0 aromatic heterocycles. The zero-order valence-electron chi connectivity index (χ0n) is 10.3. The van der Waals surface area contributed by atoms with E-state index in [9.17, 15) is 4.21 Å². The number of rotatable bonds is 12. The van der Waals surface area contributed by atoms with Gasteiger partial charge in [0, 0.05) is 10.6 Å². The van der Waals surface area contributed by atoms with Crippen LogP contribution in [0.4, 0.5) is 0 Å². The summed E-state index contributed by atoms with van der Waals surface area (Å²) in [6.45, 7) is 2.26. The zero-order chi connectivity index (χ0) is 11.2. The standard InChI is InChI=1S/C13H27OS/c1-2-3-4-5-6-7-8-9-10-11-12-13-15-14/h2-13H2,1H3/q+1. The van der Waals surface area contributed by atoms with E-state index in [-0.39, 0.29) is 0 Å². The molecule has 0 radical (unpaired) electrons. The van der Waals surface area contributed by atoms with E-state index in [0.717, 1.165) is 23.8 Å². The Bertz CT molecular complexity index is 126. The third-order valence-electron chi connectivity index (χ3n) is 2.83. The third-order valence-corrected chi connectivity index (χ3v) is 3.29. The maximum atomic E-state index is 10.1. The van der Waals surface area contributed by atoms with Gasteiger partial charge in [0.25, 0.3) is 0 Å². The molecule has 90 valence electrons. The molecule has 15 heavy (non-hydrogen) atoms. The Morgan fingerprint density at radius 1 is 0.667 bits per heavy atom. The molecule has 0 aliphatic heterocycles. The molecule has 2 heteroatoms. The summed E-state index contributed by atoms with van der Waals surface area (Å²) in [6.07, 6.45) is 14.9. The topological polar surface area (TPSA) is 17.1 Å². The normalized spacial score (nSPS) is 10.5. The smallest absolute Gasteiger partial charge is 0.0654 e. The number of hydrogen-bond acceptors (Lipinski definition) is 1. The summed E-state index contributed by atoms with van der Waals surface area (Å²) in [6, 6.07) is 0. The highest BCUT2D eigenvalue weighted by atomic mass is 32.1. The predicted molar refractivity (Wildman–Crippen MR) is 69.4 cm³/mol. The van der Waals surface area contributed by atoms with E-state index in [1.807, 2.05) is 0 Å². The van der Waals surface area contributed by atoms with Crippen LogP contribution >= 0.6 is 0 Å². The Morgan fingerprint density at radius 2 is 1.07 bits per heavy atom. The summed E-state index contributed by atoms with van der Waals surface area (Å²) in [5.74, 6) is 0.803. The molecular weight excluding hydrogens is 204 g/mol. The second kappa shape index (κ2) is 14.0. The van der Waals surface area contributed by atoms with Crippen LogP contribution < -0.4 is 0 Å². The first-order valence-electron chi connectivity index (χ1n) is 6.66. The van der Waals surface area contributed by atoms with E-state index in [4.69, 9.17) is 0 Å². The van der Waals surface area contributed by atoms with E-state index in [1.54, 1.807) is 0 Å². The van der Waals surface area contributed by atoms with Crippen molar-refractivity contribution >= 4 is 11.7 Å². The minimum absolute atomic E-state index is 0.731. The van der Waals surface area contributed by atoms with Crippen molar-refractivity contribution in [2.75, 3.05) is 5.75 Å². The molecule has 0 aromatic rings. The van der Waals surface area contributed by atoms with Gasteiger partial charge in [-0.3, -0.25) is 0 Å². The van der Waals surface area contributed by atoms with Gasteiger partial charge in [0.15, 0.2) is 0 Å². The fourth-order valence-electron chi connectivity index (χ4n) is 1.83. The summed E-state index contributed by atoms with van der Waals surface area (Å²) in [5.41, 5.74) is 0. The summed E-state index contributed by atoms with van der Waals surface area (Å²) in [4.78, 5) is 0. The predicted octanol–water partition coefficient (Wildman–Crippen LogP) is 4.73. The molecule has 0 N–H and O–H groups in total. The fraction of sp³-hybridized carbons (Fsp3) is 1.00. The third kappa shape index (κ3) is 14.0. The Labute approximate surface area is 99.5 Å². The number of unbranched alkanes of at least 4 members (excludes halogenated alkanes) is 10. The molecule has 0 bridgehead atoms. The monoisotopic (exact) mass is 231 g/mol. The molecule has 0 saturated heterocycles. The first-order valence-corrected chi connectivity index (χ1v) is 7.57. The molecule has 0 saturated carbocycles. The molecule has 0 spiro atoms. The van der Waals surface area contributed by atoms with Gasteiger partial charge in [-0.15, -0.1) is 0 Å². The Morgan fingerprint density at radius 3 is 1.47 bits per heavy atom. The first-order chi connectivity index (χ1) is 7.41. The van der Waals surface area contributed by atoms with Gasteiger partial charge < -0.3 is 0 Å². The van der Waals surface area contributed by atoms with Gasteiger partial charge in [0.1, 0.15) is 0 Å². The van der Waals surface area contributed by atoms with Crippen LogP contribution in [0, 0.1) is 0 Å². The van der Waals surface area contributed by atoms with Crippen molar-refractivity contribution in [1.29, 1.82) is 0 Å². The Hall–Kier alpha value is 0.0200. The van der Waals surface area contributed by atoms with Crippen LogP contribution in [0.5, 0.6) is 0 Å². The quantitative estimate of drug-likeness (QED) is 0.351. The largest absolute Gasteiger partial charge is 0.458 e. The lowest BCUT2D eigenvalue weighted by atomic mass is 10.1. The highest BCUT2D eigenvalue weighted by Crippen LogP contribution is 2.10. The van der Waals surface area contributed by atoms with Gasteiger partial charge in [0.05, 0.1) is 0 Å². The molecule has 0 rings (SSSR count). The summed E-state index contributed by atoms with van der Waals surface area (Å²) >= 11 is 0.731. The minimum Gasteiger partial charge on any atom is -0.0654 e. The van der Waals surface area contributed by atoms with Crippen molar-refractivity contribution in [3.63, 3.8) is 0 Å². The van der Waals surface area contributed by atoms with Crippen LogP contribution in [0.1, 0.15) is 77.6 Å². The highest BCUT2D eigenvalue weighted by Gasteiger charge is 1.97. The maximum absolute atomic E-state index is 10.1. The summed E-state index contributed by atoms with van der Waals surface area (Å²) < 4.78 is 10.1. The van der Waals surface area contributed by atoms with Crippen molar-refractivity contribution in [3.8, 4) is 0 Å². The maximum Gasteiger partial charge on any atom is 0.458 e. The lowest BCUT2D eigenvalue weighted by Crippen LogP contribution is -1.84. The second-order valence-electron chi connectivity index (χ2n) is 4.36. The average molecular weight is 231 g/mol. The van der Waals surface area contributed by atoms with Crippen LogP contribution in [-0.4, -0.2) is 5.75 Å². The van der Waals surface area contributed by atoms with Crippen molar-refractivity contribution in [2.24, 2.45) is 0 Å². The van der Waals surface area contributed by atoms with Crippen molar-refractivity contribution in [1.82, 2.24) is 0 Å². The Balaban J connectivity index is 2.83. The SMILES string of the molecule is CCCCCCCCCCCCC[S+]=O. The summed E-state index contributed by atoms with van der Waals surface area (Å²) in [5, 5.41) is 0. The molecule has 0 unspecified atom stereocenters. The van der Waals surface area contributed by atoms with Gasteiger partial charge in [0.2, 0.25) is 5.75 Å². The van der Waals surface area contributed by atoms with E-state index in [1.165, 1.54) is 64.2 Å². The van der Waals surface area contributed by atoms with Crippen molar-refractivity contribution < 1.29 is 4.21 Å². The minimum atomic E-state index is 0.731. The van der Waals surface area contributed by atoms with Gasteiger partial charge in [-0.05, 0) is 6.42 Å². The fourth-order valence-corrected chi connectivity index (χ4v) is 2.15. The van der Waals surface area contributed by atoms with Crippen molar-refractivity contribution in [3.05, 3.63) is 0 Å². The summed E-state index contributed by atoms with van der Waals surface area (Å²) in [7, 11) is 0. The molecule has 0 amide bonds. The van der Waals surface area contributed by atoms with Gasteiger partial charge in [-0.2, -0.15) is 0 Å². The second-order valence-corrected chi connectivity index (χ2v) is 5.00. The van der Waals surface area contributed by atoms with Crippen LogP contribution in [0.2, 0.25) is 0 Å². The first kappa shape index (κ1) is 15.0. The lowest BCUT2D eigenvalue weighted by Gasteiger charge is -2.00. The average Bonchev–Trinajstić information content (AvgIpc) is 2.26. The van der Waals surface area contributed by atoms with Gasteiger partial charge in [-0.1, -0.05) is 64.7 Å². The van der Waals surface area contributed by atoms with Gasteiger partial charge in [-0.25, -0.2) is 0 Å². The van der Waals surface area contributed by atoms with Crippen LogP contribution in [0.15, 0.2) is 0 Å². The number of hydrogen-bond donors (Lipinski definition) is 0. The molecule has 0 atom stereocenters. The van der Waals surface area contributed by atoms with Crippen molar-refractivity contribution in [2.45, 2.75) is 77.6 Å². The van der Waals surface area contributed by atoms with E-state index in [2.05, 4.69) is 6.92 Å². The Kier molecular flexibility index (Phi) is 14.0. The molecule has 0 aliphatic rings. The molecular formula is C13H27OS+. The molecule has 0 aromatic carbocycles. The van der Waals surface area contributed by atoms with E-state index in [0.29, 0.717) is 0 Å². The van der Waals surface area contributed by atoms with E-state index < -0.39 is 0 Å².